The molecule has 2 aromatic heterocycles. The van der Waals surface area contributed by atoms with E-state index < -0.39 is 0 Å². The normalized spacial score (nSPS) is 14.4. The van der Waals surface area contributed by atoms with Crippen LogP contribution in [0.2, 0.25) is 0 Å². The van der Waals surface area contributed by atoms with Crippen LogP contribution < -0.4 is 15.4 Å². The van der Waals surface area contributed by atoms with Crippen molar-refractivity contribution < 1.29 is 4.39 Å². The molecule has 0 atom stereocenters. The molecule has 1 fully saturated rings. The Labute approximate surface area is 162 Å². The average molecular weight is 380 g/mol. The lowest BCUT2D eigenvalue weighted by Gasteiger charge is -2.35. The third-order valence-electron chi connectivity index (χ3n) is 4.77. The topological polar surface area (TPSA) is 67.2 Å². The second kappa shape index (κ2) is 7.75. The van der Waals surface area contributed by atoms with Crippen LogP contribution in [0.5, 0.6) is 0 Å². The Morgan fingerprint density at radius 3 is 2.39 bits per heavy atom. The lowest BCUT2D eigenvalue weighted by atomic mass is 10.2. The second-order valence-electron chi connectivity index (χ2n) is 6.79. The van der Waals surface area contributed by atoms with E-state index >= 15 is 0 Å². The third kappa shape index (κ3) is 4.00. The van der Waals surface area contributed by atoms with E-state index in [1.165, 1.54) is 22.9 Å². The summed E-state index contributed by atoms with van der Waals surface area (Å²) in [5.74, 6) is 1.20. The lowest BCUT2D eigenvalue weighted by Crippen LogP contribution is -2.47. The van der Waals surface area contributed by atoms with Gasteiger partial charge in [-0.15, -0.1) is 0 Å². The molecule has 7 nitrogen and oxygen atoms in total. The van der Waals surface area contributed by atoms with Crippen molar-refractivity contribution in [3.63, 3.8) is 0 Å². The Morgan fingerprint density at radius 1 is 0.964 bits per heavy atom. The zero-order chi connectivity index (χ0) is 19.5. The van der Waals surface area contributed by atoms with Crippen molar-refractivity contribution in [2.45, 2.75) is 13.5 Å². The first kappa shape index (κ1) is 18.1. The highest BCUT2D eigenvalue weighted by Crippen LogP contribution is 2.15. The van der Waals surface area contributed by atoms with Crippen LogP contribution in [-0.4, -0.2) is 45.9 Å². The largest absolute Gasteiger partial charge is 0.352 e. The number of benzene rings is 1. The number of nitrogens with zero attached hydrogens (tertiary/aromatic N) is 6. The molecule has 4 rings (SSSR count). The molecule has 144 valence electrons. The molecule has 3 heterocycles. The summed E-state index contributed by atoms with van der Waals surface area (Å²) in [6.07, 6.45) is 1.77. The van der Waals surface area contributed by atoms with E-state index in [2.05, 4.69) is 24.9 Å². The van der Waals surface area contributed by atoms with Crippen molar-refractivity contribution in [1.29, 1.82) is 0 Å². The van der Waals surface area contributed by atoms with Crippen LogP contribution in [0, 0.1) is 12.7 Å². The zero-order valence-corrected chi connectivity index (χ0v) is 15.6. The lowest BCUT2D eigenvalue weighted by molar-refractivity contribution is 0.594. The summed E-state index contributed by atoms with van der Waals surface area (Å²) >= 11 is 0. The highest BCUT2D eigenvalue weighted by Gasteiger charge is 2.20. The Kier molecular flexibility index (Phi) is 5.01. The van der Waals surface area contributed by atoms with Crippen LogP contribution in [0.25, 0.3) is 0 Å². The maximum atomic E-state index is 13.1. The number of hydrogen-bond acceptors (Lipinski definition) is 6. The molecular weight excluding hydrogens is 359 g/mol. The van der Waals surface area contributed by atoms with Gasteiger partial charge in [0.1, 0.15) is 11.6 Å². The van der Waals surface area contributed by atoms with Crippen LogP contribution in [0.15, 0.2) is 53.5 Å². The Morgan fingerprint density at radius 2 is 1.68 bits per heavy atom. The van der Waals surface area contributed by atoms with Gasteiger partial charge in [0.05, 0.1) is 6.54 Å². The first-order chi connectivity index (χ1) is 13.6. The minimum absolute atomic E-state index is 0.181. The van der Waals surface area contributed by atoms with Gasteiger partial charge in [0.25, 0.3) is 5.56 Å². The fraction of sp³-hybridized carbons (Fsp3) is 0.300. The predicted octanol–water partition coefficient (Wildman–Crippen LogP) is 1.86. The van der Waals surface area contributed by atoms with Crippen LogP contribution in [-0.2, 0) is 6.54 Å². The highest BCUT2D eigenvalue weighted by atomic mass is 19.1. The highest BCUT2D eigenvalue weighted by molar-refractivity contribution is 5.41. The van der Waals surface area contributed by atoms with Gasteiger partial charge in [0.15, 0.2) is 0 Å². The smallest absolute Gasteiger partial charge is 0.267 e. The molecule has 0 spiro atoms. The van der Waals surface area contributed by atoms with E-state index in [-0.39, 0.29) is 11.4 Å². The maximum Gasteiger partial charge on any atom is 0.267 e. The van der Waals surface area contributed by atoms with Gasteiger partial charge >= 0.3 is 0 Å². The van der Waals surface area contributed by atoms with Crippen LogP contribution in [0.1, 0.15) is 11.3 Å². The van der Waals surface area contributed by atoms with Gasteiger partial charge in [0, 0.05) is 44.1 Å². The fourth-order valence-corrected chi connectivity index (χ4v) is 3.21. The summed E-state index contributed by atoms with van der Waals surface area (Å²) < 4.78 is 14.5. The van der Waals surface area contributed by atoms with Gasteiger partial charge in [-0.2, -0.15) is 5.10 Å². The van der Waals surface area contributed by atoms with Crippen LogP contribution in [0.4, 0.5) is 16.2 Å². The molecule has 0 bridgehead atoms. The van der Waals surface area contributed by atoms with E-state index in [1.807, 2.05) is 13.0 Å². The summed E-state index contributed by atoms with van der Waals surface area (Å²) in [6, 6.07) is 11.3. The SMILES string of the molecule is Cc1ccnc(N2CCN(c3ccc(=O)n(Cc4ccc(F)cc4)n3)CC2)n1. The van der Waals surface area contributed by atoms with Crippen molar-refractivity contribution >= 4 is 11.8 Å². The first-order valence-electron chi connectivity index (χ1n) is 9.21. The molecule has 0 N–H and O–H groups in total. The molecule has 0 aliphatic carbocycles. The minimum atomic E-state index is -0.298. The summed E-state index contributed by atoms with van der Waals surface area (Å²) in [5, 5.41) is 4.51. The van der Waals surface area contributed by atoms with Gasteiger partial charge in [-0.3, -0.25) is 4.79 Å². The molecule has 0 amide bonds. The van der Waals surface area contributed by atoms with Crippen molar-refractivity contribution in [3.05, 3.63) is 76.1 Å². The summed E-state index contributed by atoms with van der Waals surface area (Å²) in [6.45, 7) is 5.35. The Hall–Kier alpha value is -3.29. The van der Waals surface area contributed by atoms with E-state index in [0.717, 1.165) is 49.2 Å². The quantitative estimate of drug-likeness (QED) is 0.688. The molecule has 8 heteroatoms. The molecule has 1 aliphatic rings. The summed E-state index contributed by atoms with van der Waals surface area (Å²) in [4.78, 5) is 25.3. The first-order valence-corrected chi connectivity index (χ1v) is 9.21. The van der Waals surface area contributed by atoms with Gasteiger partial charge in [-0.05, 0) is 36.8 Å². The van der Waals surface area contributed by atoms with Crippen molar-refractivity contribution in [3.8, 4) is 0 Å². The number of anilines is 2. The monoisotopic (exact) mass is 380 g/mol. The standard InChI is InChI=1S/C20H21FN6O/c1-15-8-9-22-20(23-15)26-12-10-25(11-13-26)18-6-7-19(28)27(24-18)14-16-2-4-17(21)5-3-16/h2-9H,10-14H2,1H3. The maximum absolute atomic E-state index is 13.1. The van der Waals surface area contributed by atoms with Crippen molar-refractivity contribution in [2.75, 3.05) is 36.0 Å². The number of piperazine rings is 1. The van der Waals surface area contributed by atoms with E-state index in [0.29, 0.717) is 6.54 Å². The zero-order valence-electron chi connectivity index (χ0n) is 15.6. The fourth-order valence-electron chi connectivity index (χ4n) is 3.21. The van der Waals surface area contributed by atoms with Gasteiger partial charge < -0.3 is 9.80 Å². The van der Waals surface area contributed by atoms with E-state index in [9.17, 15) is 9.18 Å². The van der Waals surface area contributed by atoms with E-state index in [1.54, 1.807) is 24.4 Å². The van der Waals surface area contributed by atoms with Crippen LogP contribution in [0.3, 0.4) is 0 Å². The van der Waals surface area contributed by atoms with Gasteiger partial charge in [-0.1, -0.05) is 12.1 Å². The molecule has 3 aromatic rings. The number of rotatable bonds is 4. The summed E-state index contributed by atoms with van der Waals surface area (Å²) in [7, 11) is 0. The van der Waals surface area contributed by atoms with Gasteiger partial charge in [-0.25, -0.2) is 19.0 Å². The third-order valence-corrected chi connectivity index (χ3v) is 4.77. The number of hydrogen-bond donors (Lipinski definition) is 0. The van der Waals surface area contributed by atoms with Gasteiger partial charge in [0.2, 0.25) is 5.95 Å². The molecule has 0 radical (unpaired) electrons. The Balaban J connectivity index is 1.46. The molecule has 1 aromatic carbocycles. The number of aryl methyl sites for hydroxylation is 1. The molecule has 28 heavy (non-hydrogen) atoms. The molecule has 0 saturated carbocycles. The molecule has 1 aliphatic heterocycles. The van der Waals surface area contributed by atoms with Crippen molar-refractivity contribution in [2.24, 2.45) is 0 Å². The molecule has 0 unspecified atom stereocenters. The average Bonchev–Trinajstić information content (AvgIpc) is 2.71. The molecular formula is C20H21FN6O. The van der Waals surface area contributed by atoms with E-state index in [4.69, 9.17) is 0 Å². The number of halogens is 1. The summed E-state index contributed by atoms with van der Waals surface area (Å²) in [5.41, 5.74) is 1.59. The van der Waals surface area contributed by atoms with Crippen LogP contribution >= 0.6 is 0 Å². The van der Waals surface area contributed by atoms with Crippen molar-refractivity contribution in [1.82, 2.24) is 19.7 Å². The molecule has 1 saturated heterocycles. The predicted molar refractivity (Wildman–Crippen MR) is 105 cm³/mol. The number of aromatic nitrogens is 4. The Bertz CT molecular complexity index is 1010. The minimum Gasteiger partial charge on any atom is -0.352 e. The second-order valence-corrected chi connectivity index (χ2v) is 6.79.